The first-order valence-corrected chi connectivity index (χ1v) is 13.8. The van der Waals surface area contributed by atoms with E-state index in [1.165, 1.54) is 77.3 Å². The standard InChI is InChI=1S/C28H38N4O3/c33-25-9-8-24(26(34)29-25)32-18-22-21(27(32)35)4-3-5-23(22)30-28(13-10-19-6-7-19)14-11-20(12-15-28)31-16-1-2-17-31/h3-5,19-20,24,30H,1-2,6-18H2,(H,29,33,34). The van der Waals surface area contributed by atoms with Crippen LogP contribution in [0.2, 0.25) is 0 Å². The van der Waals surface area contributed by atoms with Crippen molar-refractivity contribution in [2.75, 3.05) is 18.4 Å². The molecule has 0 aromatic heterocycles. The van der Waals surface area contributed by atoms with E-state index in [0.29, 0.717) is 18.5 Å². The van der Waals surface area contributed by atoms with Gasteiger partial charge in [-0.3, -0.25) is 19.7 Å². The van der Waals surface area contributed by atoms with Crippen LogP contribution in [0.5, 0.6) is 0 Å². The molecule has 1 atom stereocenters. The van der Waals surface area contributed by atoms with Crippen LogP contribution in [0.4, 0.5) is 5.69 Å². The average molecular weight is 479 g/mol. The zero-order valence-electron chi connectivity index (χ0n) is 20.7. The van der Waals surface area contributed by atoms with Gasteiger partial charge in [0.1, 0.15) is 6.04 Å². The molecule has 3 aliphatic heterocycles. The molecule has 0 bridgehead atoms. The lowest BCUT2D eigenvalue weighted by Gasteiger charge is -2.44. The molecule has 2 N–H and O–H groups in total. The molecule has 2 saturated heterocycles. The van der Waals surface area contributed by atoms with Gasteiger partial charge in [0.05, 0.1) is 0 Å². The third-order valence-electron chi connectivity index (χ3n) is 9.28. The summed E-state index contributed by atoms with van der Waals surface area (Å²) in [6.07, 6.45) is 13.4. The highest BCUT2D eigenvalue weighted by Gasteiger charge is 2.42. The SMILES string of the molecule is O=C1CCC(N2Cc3c(NC4(CCC5CC5)CCC(N5CCCC5)CC4)cccc3C2=O)C(=O)N1. The summed E-state index contributed by atoms with van der Waals surface area (Å²) in [6, 6.07) is 6.12. The van der Waals surface area contributed by atoms with E-state index in [-0.39, 0.29) is 29.7 Å². The molecule has 3 amide bonds. The van der Waals surface area contributed by atoms with Crippen LogP contribution in [0.25, 0.3) is 0 Å². The highest BCUT2D eigenvalue weighted by molar-refractivity contribution is 6.06. The number of rotatable bonds is 7. The third-order valence-corrected chi connectivity index (χ3v) is 9.28. The van der Waals surface area contributed by atoms with Gasteiger partial charge in [0.25, 0.3) is 5.91 Å². The summed E-state index contributed by atoms with van der Waals surface area (Å²) in [7, 11) is 0. The molecule has 0 spiro atoms. The van der Waals surface area contributed by atoms with Crippen LogP contribution in [-0.4, -0.2) is 58.2 Å². The van der Waals surface area contributed by atoms with E-state index >= 15 is 0 Å². The Morgan fingerprint density at radius 1 is 1.00 bits per heavy atom. The third kappa shape index (κ3) is 4.59. The van der Waals surface area contributed by atoms with Gasteiger partial charge in [-0.2, -0.15) is 0 Å². The van der Waals surface area contributed by atoms with Crippen molar-refractivity contribution in [1.29, 1.82) is 0 Å². The molecule has 1 unspecified atom stereocenters. The number of amides is 3. The van der Waals surface area contributed by atoms with Crippen LogP contribution in [0.1, 0.15) is 93.0 Å². The fourth-order valence-electron chi connectivity index (χ4n) is 6.94. The second-order valence-electron chi connectivity index (χ2n) is 11.6. The molecular weight excluding hydrogens is 440 g/mol. The van der Waals surface area contributed by atoms with Crippen LogP contribution >= 0.6 is 0 Å². The van der Waals surface area contributed by atoms with Crippen molar-refractivity contribution in [3.8, 4) is 0 Å². The van der Waals surface area contributed by atoms with Crippen molar-refractivity contribution in [3.63, 3.8) is 0 Å². The number of hydrogen-bond donors (Lipinski definition) is 2. The minimum absolute atomic E-state index is 0.0824. The highest BCUT2D eigenvalue weighted by atomic mass is 16.2. The molecule has 2 saturated carbocycles. The number of nitrogens with one attached hydrogen (secondary N) is 2. The molecule has 0 radical (unpaired) electrons. The van der Waals surface area contributed by atoms with Crippen molar-refractivity contribution in [2.45, 2.75) is 101 Å². The molecule has 1 aromatic rings. The molecule has 2 aliphatic carbocycles. The Labute approximate surface area is 208 Å². The molecule has 5 aliphatic rings. The molecule has 3 heterocycles. The smallest absolute Gasteiger partial charge is 0.255 e. The first kappa shape index (κ1) is 23.0. The van der Waals surface area contributed by atoms with Crippen molar-refractivity contribution in [2.24, 2.45) is 5.92 Å². The van der Waals surface area contributed by atoms with Crippen LogP contribution in [0, 0.1) is 5.92 Å². The Kier molecular flexibility index (Phi) is 6.07. The average Bonchev–Trinajstić information content (AvgIpc) is 3.41. The molecule has 7 heteroatoms. The van der Waals surface area contributed by atoms with Crippen molar-refractivity contribution in [3.05, 3.63) is 29.3 Å². The molecule has 4 fully saturated rings. The molecule has 7 nitrogen and oxygen atoms in total. The minimum Gasteiger partial charge on any atom is -0.379 e. The van der Waals surface area contributed by atoms with E-state index in [0.717, 1.165) is 23.2 Å². The lowest BCUT2D eigenvalue weighted by atomic mass is 9.75. The van der Waals surface area contributed by atoms with E-state index in [2.05, 4.69) is 21.6 Å². The minimum atomic E-state index is -0.569. The quantitative estimate of drug-likeness (QED) is 0.582. The Balaban J connectivity index is 1.21. The van der Waals surface area contributed by atoms with E-state index in [4.69, 9.17) is 0 Å². The summed E-state index contributed by atoms with van der Waals surface area (Å²) in [4.78, 5) is 41.8. The summed E-state index contributed by atoms with van der Waals surface area (Å²) >= 11 is 0. The number of benzene rings is 1. The summed E-state index contributed by atoms with van der Waals surface area (Å²) in [5.74, 6) is 0.206. The van der Waals surface area contributed by atoms with E-state index in [1.807, 2.05) is 12.1 Å². The Morgan fingerprint density at radius 3 is 2.49 bits per heavy atom. The first-order valence-electron chi connectivity index (χ1n) is 13.8. The zero-order valence-corrected chi connectivity index (χ0v) is 20.7. The normalized spacial score (nSPS) is 31.5. The monoisotopic (exact) mass is 478 g/mol. The summed E-state index contributed by atoms with van der Waals surface area (Å²) in [5.41, 5.74) is 2.84. The number of hydrogen-bond acceptors (Lipinski definition) is 5. The van der Waals surface area contributed by atoms with Crippen molar-refractivity contribution < 1.29 is 14.4 Å². The largest absolute Gasteiger partial charge is 0.379 e. The second-order valence-corrected chi connectivity index (χ2v) is 11.6. The molecule has 1 aromatic carbocycles. The van der Waals surface area contributed by atoms with Gasteiger partial charge in [0.15, 0.2) is 0 Å². The Morgan fingerprint density at radius 2 is 1.77 bits per heavy atom. The summed E-state index contributed by atoms with van der Waals surface area (Å²) < 4.78 is 0. The van der Waals surface area contributed by atoms with Crippen LogP contribution < -0.4 is 10.6 Å². The van der Waals surface area contributed by atoms with Crippen LogP contribution in [0.3, 0.4) is 0 Å². The first-order chi connectivity index (χ1) is 17.0. The zero-order chi connectivity index (χ0) is 24.0. The number of piperidine rings is 1. The summed E-state index contributed by atoms with van der Waals surface area (Å²) in [5, 5.41) is 6.41. The van der Waals surface area contributed by atoms with Gasteiger partial charge in [0.2, 0.25) is 11.8 Å². The van der Waals surface area contributed by atoms with Gasteiger partial charge in [-0.05, 0) is 88.9 Å². The van der Waals surface area contributed by atoms with Crippen LogP contribution in [-0.2, 0) is 16.1 Å². The molecular formula is C28H38N4O3. The van der Waals surface area contributed by atoms with Gasteiger partial charge in [-0.25, -0.2) is 0 Å². The van der Waals surface area contributed by atoms with Crippen LogP contribution in [0.15, 0.2) is 18.2 Å². The maximum absolute atomic E-state index is 13.3. The second kappa shape index (κ2) is 9.23. The lowest BCUT2D eigenvalue weighted by Crippen LogP contribution is -2.52. The predicted octanol–water partition coefficient (Wildman–Crippen LogP) is 3.83. The topological polar surface area (TPSA) is 81.8 Å². The number of likely N-dealkylation sites (tertiary alicyclic amines) is 1. The Hall–Kier alpha value is -2.41. The van der Waals surface area contributed by atoms with Crippen molar-refractivity contribution in [1.82, 2.24) is 15.1 Å². The fourth-order valence-corrected chi connectivity index (χ4v) is 6.94. The number of imide groups is 1. The number of anilines is 1. The fraction of sp³-hybridized carbons (Fsp3) is 0.679. The van der Waals surface area contributed by atoms with Gasteiger partial charge in [-0.15, -0.1) is 0 Å². The maximum atomic E-state index is 13.3. The molecule has 188 valence electrons. The van der Waals surface area contributed by atoms with Gasteiger partial charge >= 0.3 is 0 Å². The van der Waals surface area contributed by atoms with Gasteiger partial charge < -0.3 is 15.1 Å². The number of carbonyl (C=O) groups is 3. The van der Waals surface area contributed by atoms with E-state index in [1.54, 1.807) is 4.90 Å². The van der Waals surface area contributed by atoms with Crippen molar-refractivity contribution >= 4 is 23.4 Å². The highest BCUT2D eigenvalue weighted by Crippen LogP contribution is 2.43. The number of carbonyl (C=O) groups excluding carboxylic acids is 3. The van der Waals surface area contributed by atoms with Gasteiger partial charge in [0, 0.05) is 41.4 Å². The lowest BCUT2D eigenvalue weighted by molar-refractivity contribution is -0.136. The predicted molar refractivity (Wildman–Crippen MR) is 134 cm³/mol. The summed E-state index contributed by atoms with van der Waals surface area (Å²) in [6.45, 7) is 2.95. The molecule has 35 heavy (non-hydrogen) atoms. The van der Waals surface area contributed by atoms with E-state index < -0.39 is 6.04 Å². The number of fused-ring (bicyclic) bond motifs is 1. The Bertz CT molecular complexity index is 1010. The molecule has 6 rings (SSSR count). The van der Waals surface area contributed by atoms with E-state index in [9.17, 15) is 14.4 Å². The maximum Gasteiger partial charge on any atom is 0.255 e. The van der Waals surface area contributed by atoms with Gasteiger partial charge in [-0.1, -0.05) is 18.9 Å². The number of nitrogens with zero attached hydrogens (tertiary/aromatic N) is 2.